The van der Waals surface area contributed by atoms with Gasteiger partial charge >= 0.3 is 12.1 Å². The highest BCUT2D eigenvalue weighted by atomic mass is 35.5. The maximum atomic E-state index is 12.8. The van der Waals surface area contributed by atoms with Crippen LogP contribution in [0.4, 0.5) is 13.2 Å². The van der Waals surface area contributed by atoms with Crippen LogP contribution in [-0.2, 0) is 6.42 Å². The number of halogens is 4. The zero-order valence-electron chi connectivity index (χ0n) is 14.5. The van der Waals surface area contributed by atoms with Crippen molar-refractivity contribution < 1.29 is 22.4 Å². The summed E-state index contributed by atoms with van der Waals surface area (Å²) in [6.45, 7) is 0. The Bertz CT molecular complexity index is 1240. The van der Waals surface area contributed by atoms with E-state index in [2.05, 4.69) is 14.9 Å². The normalized spacial score (nSPS) is 11.7. The second-order valence-electron chi connectivity index (χ2n) is 6.06. The van der Waals surface area contributed by atoms with E-state index in [4.69, 9.17) is 16.1 Å². The molecule has 0 aliphatic carbocycles. The summed E-state index contributed by atoms with van der Waals surface area (Å²) in [5.41, 5.74) is 0.782. The van der Waals surface area contributed by atoms with Crippen LogP contribution in [0.2, 0.25) is 5.02 Å². The molecule has 0 aliphatic heterocycles. The van der Waals surface area contributed by atoms with Crippen LogP contribution in [0.15, 0.2) is 64.2 Å². The largest absolute Gasteiger partial charge is 0.573 e. The van der Waals surface area contributed by atoms with E-state index < -0.39 is 17.8 Å². The van der Waals surface area contributed by atoms with Gasteiger partial charge in [-0.25, -0.2) is 4.79 Å². The number of fused-ring (bicyclic) bond motifs is 1. The Morgan fingerprint density at radius 2 is 1.97 bits per heavy atom. The van der Waals surface area contributed by atoms with Crippen molar-refractivity contribution in [3.05, 3.63) is 81.7 Å². The molecule has 2 aromatic carbocycles. The first-order chi connectivity index (χ1) is 13.8. The lowest BCUT2D eigenvalue weighted by Gasteiger charge is -2.15. The molecule has 0 fully saturated rings. The Hall–Kier alpha value is -3.33. The molecule has 0 amide bonds. The maximum Gasteiger partial charge on any atom is 0.573 e. The minimum Gasteiger partial charge on any atom is -0.406 e. The summed E-state index contributed by atoms with van der Waals surface area (Å²) >= 11 is 6.21. The molecule has 4 aromatic rings. The first-order valence-corrected chi connectivity index (χ1v) is 8.64. The zero-order valence-corrected chi connectivity index (χ0v) is 15.2. The molecule has 4 rings (SSSR count). The fraction of sp³-hybridized carbons (Fsp3) is 0.105. The number of benzene rings is 2. The predicted molar refractivity (Wildman–Crippen MR) is 98.3 cm³/mol. The minimum atomic E-state index is -4.87. The fourth-order valence-corrected chi connectivity index (χ4v) is 3.19. The molecule has 10 heteroatoms. The third kappa shape index (κ3) is 3.95. The van der Waals surface area contributed by atoms with Crippen molar-refractivity contribution in [1.29, 1.82) is 0 Å². The Kier molecular flexibility index (Phi) is 4.75. The highest BCUT2D eigenvalue weighted by Crippen LogP contribution is 2.30. The van der Waals surface area contributed by atoms with Crippen LogP contribution in [0.3, 0.4) is 0 Å². The van der Waals surface area contributed by atoms with E-state index >= 15 is 0 Å². The second kappa shape index (κ2) is 7.25. The highest BCUT2D eigenvalue weighted by Gasteiger charge is 2.31. The van der Waals surface area contributed by atoms with Gasteiger partial charge < -0.3 is 9.26 Å². The summed E-state index contributed by atoms with van der Waals surface area (Å²) < 4.78 is 48.1. The number of aromatic nitrogens is 3. The van der Waals surface area contributed by atoms with E-state index in [1.165, 1.54) is 18.5 Å². The zero-order chi connectivity index (χ0) is 20.6. The number of hydrogen-bond donors (Lipinski definition) is 0. The first kappa shape index (κ1) is 19.0. The van der Waals surface area contributed by atoms with Crippen LogP contribution < -0.4 is 10.4 Å². The van der Waals surface area contributed by atoms with Crippen molar-refractivity contribution in [2.45, 2.75) is 12.8 Å². The highest BCUT2D eigenvalue weighted by molar-refractivity contribution is 6.32. The molecule has 2 heterocycles. The van der Waals surface area contributed by atoms with Crippen LogP contribution >= 0.6 is 11.6 Å². The van der Waals surface area contributed by atoms with E-state index in [-0.39, 0.29) is 22.6 Å². The van der Waals surface area contributed by atoms with Gasteiger partial charge in [0.25, 0.3) is 0 Å². The quantitative estimate of drug-likeness (QED) is 0.484. The summed E-state index contributed by atoms with van der Waals surface area (Å²) in [4.78, 5) is 16.9. The topological polar surface area (TPSA) is 70.2 Å². The van der Waals surface area contributed by atoms with E-state index in [9.17, 15) is 18.0 Å². The molecule has 0 saturated carbocycles. The molecule has 148 valence electrons. The monoisotopic (exact) mass is 421 g/mol. The third-order valence-corrected chi connectivity index (χ3v) is 4.44. The number of nitrogens with zero attached hydrogens (tertiary/aromatic N) is 3. The third-order valence-electron chi connectivity index (χ3n) is 4.12. The number of alkyl halides is 3. The fourth-order valence-electron chi connectivity index (χ4n) is 2.97. The molecular formula is C19H11ClF3N3O3. The average Bonchev–Trinajstić information content (AvgIpc) is 3.14. The minimum absolute atomic E-state index is 0.173. The van der Waals surface area contributed by atoms with Crippen molar-refractivity contribution in [2.75, 3.05) is 0 Å². The number of ether oxygens (including phenoxy) is 1. The van der Waals surface area contributed by atoms with Gasteiger partial charge in [0.15, 0.2) is 0 Å². The summed E-state index contributed by atoms with van der Waals surface area (Å²) in [7, 11) is 0. The molecule has 0 radical (unpaired) electrons. The van der Waals surface area contributed by atoms with Crippen molar-refractivity contribution >= 4 is 22.5 Å². The van der Waals surface area contributed by atoms with Crippen LogP contribution in [0.5, 0.6) is 5.75 Å². The molecule has 0 bridgehead atoms. The van der Waals surface area contributed by atoms with E-state index in [1.54, 1.807) is 24.3 Å². The van der Waals surface area contributed by atoms with Gasteiger partial charge in [-0.15, -0.1) is 13.2 Å². The molecule has 0 saturated heterocycles. The van der Waals surface area contributed by atoms with Gasteiger partial charge in [-0.3, -0.25) is 4.57 Å². The summed E-state index contributed by atoms with van der Waals surface area (Å²) in [6, 6.07) is 10.2. The molecule has 2 aromatic heterocycles. The van der Waals surface area contributed by atoms with Crippen LogP contribution in [-0.4, -0.2) is 21.1 Å². The van der Waals surface area contributed by atoms with Crippen LogP contribution in [0.25, 0.3) is 16.6 Å². The Labute approximate surface area is 166 Å². The van der Waals surface area contributed by atoms with Gasteiger partial charge in [0.2, 0.25) is 0 Å². The van der Waals surface area contributed by atoms with Gasteiger partial charge in [0.1, 0.15) is 12.0 Å². The Balaban J connectivity index is 1.98. The SMILES string of the molecule is O=c1nc(Cc2cnoc2)c2ccc(OC(F)(F)F)cc2n1-c1ccccc1Cl. The summed E-state index contributed by atoms with van der Waals surface area (Å²) in [5, 5.41) is 4.30. The van der Waals surface area contributed by atoms with Crippen molar-refractivity contribution in [3.8, 4) is 11.4 Å². The lowest BCUT2D eigenvalue weighted by molar-refractivity contribution is -0.274. The number of hydrogen-bond acceptors (Lipinski definition) is 5. The molecule has 29 heavy (non-hydrogen) atoms. The van der Waals surface area contributed by atoms with Crippen LogP contribution in [0, 0.1) is 0 Å². The van der Waals surface area contributed by atoms with Crippen molar-refractivity contribution in [1.82, 2.24) is 14.7 Å². The average molecular weight is 422 g/mol. The molecule has 0 spiro atoms. The maximum absolute atomic E-state index is 12.8. The van der Waals surface area contributed by atoms with Crippen LogP contribution in [0.1, 0.15) is 11.3 Å². The van der Waals surface area contributed by atoms with Gasteiger partial charge in [-0.2, -0.15) is 4.98 Å². The van der Waals surface area contributed by atoms with Gasteiger partial charge in [0, 0.05) is 23.4 Å². The van der Waals surface area contributed by atoms with Crippen molar-refractivity contribution in [2.24, 2.45) is 0 Å². The smallest absolute Gasteiger partial charge is 0.406 e. The molecule has 0 N–H and O–H groups in total. The molecule has 6 nitrogen and oxygen atoms in total. The molecule has 0 unspecified atom stereocenters. The Morgan fingerprint density at radius 3 is 2.66 bits per heavy atom. The summed E-state index contributed by atoms with van der Waals surface area (Å²) in [6.07, 6.45) is -1.80. The van der Waals surface area contributed by atoms with Gasteiger partial charge in [-0.05, 0) is 24.3 Å². The molecule has 0 aliphatic rings. The molecule has 0 atom stereocenters. The predicted octanol–water partition coefficient (Wildman–Crippen LogP) is 4.52. The number of para-hydroxylation sites is 1. The lowest BCUT2D eigenvalue weighted by atomic mass is 10.1. The molecular weight excluding hydrogens is 411 g/mol. The number of rotatable bonds is 4. The second-order valence-corrected chi connectivity index (χ2v) is 6.47. The van der Waals surface area contributed by atoms with Crippen molar-refractivity contribution in [3.63, 3.8) is 0 Å². The van der Waals surface area contributed by atoms with Gasteiger partial charge in [-0.1, -0.05) is 28.9 Å². The first-order valence-electron chi connectivity index (χ1n) is 8.26. The Morgan fingerprint density at radius 1 is 1.17 bits per heavy atom. The van der Waals surface area contributed by atoms with E-state index in [1.807, 2.05) is 0 Å². The standard InChI is InChI=1S/C19H11ClF3N3O3/c20-14-3-1-2-4-16(14)26-17-8-12(29-19(21,22)23)5-6-13(17)15(25-18(26)27)7-11-9-24-28-10-11/h1-6,8-10H,7H2. The summed E-state index contributed by atoms with van der Waals surface area (Å²) in [5.74, 6) is -0.465. The van der Waals surface area contributed by atoms with Gasteiger partial charge in [0.05, 0.1) is 28.1 Å². The van der Waals surface area contributed by atoms with E-state index in [0.717, 1.165) is 16.7 Å². The van der Waals surface area contributed by atoms with E-state index in [0.29, 0.717) is 16.6 Å². The lowest BCUT2D eigenvalue weighted by Crippen LogP contribution is -2.24.